The molecule has 0 saturated heterocycles. The Morgan fingerprint density at radius 2 is 1.78 bits per heavy atom. The van der Waals surface area contributed by atoms with Crippen molar-refractivity contribution in [3.05, 3.63) is 57.2 Å². The highest BCUT2D eigenvalue weighted by Crippen LogP contribution is 2.35. The van der Waals surface area contributed by atoms with Gasteiger partial charge in [0.15, 0.2) is 29.6 Å². The molecule has 1 atom stereocenters. The van der Waals surface area contributed by atoms with Crippen molar-refractivity contribution in [3.8, 4) is 23.0 Å². The number of hydrogen-bond donors (Lipinski definition) is 3. The summed E-state index contributed by atoms with van der Waals surface area (Å²) in [7, 11) is 2.85. The van der Waals surface area contributed by atoms with Crippen LogP contribution < -0.4 is 35.0 Å². The Kier molecular flexibility index (Phi) is 10.7. The Morgan fingerprint density at radius 1 is 1.07 bits per heavy atom. The number of hydrazone groups is 1. The fraction of sp³-hybridized carbons (Fsp3) is 0.296. The maximum atomic E-state index is 12.6. The summed E-state index contributed by atoms with van der Waals surface area (Å²) in [5, 5.41) is 9.22. The van der Waals surface area contributed by atoms with Gasteiger partial charge < -0.3 is 34.3 Å². The van der Waals surface area contributed by atoms with Crippen LogP contribution in [0.25, 0.3) is 0 Å². The lowest BCUT2D eigenvalue weighted by molar-refractivity contribution is -0.139. The molecule has 3 amide bonds. The molecule has 13 nitrogen and oxygen atoms in total. The number of nitrogens with zero attached hydrogens (tertiary/aromatic N) is 1. The molecular weight excluding hydrogens is 604 g/mol. The van der Waals surface area contributed by atoms with E-state index in [1.54, 1.807) is 44.2 Å². The Bertz CT molecular complexity index is 1410. The van der Waals surface area contributed by atoms with Gasteiger partial charge in [0.1, 0.15) is 0 Å². The molecule has 0 unspecified atom stereocenters. The number of rotatable bonds is 11. The largest absolute Gasteiger partial charge is 0.493 e. The van der Waals surface area contributed by atoms with Crippen molar-refractivity contribution >= 4 is 46.0 Å². The minimum atomic E-state index is -0.788. The van der Waals surface area contributed by atoms with Gasteiger partial charge in [-0.15, -0.1) is 0 Å². The molecule has 1 heterocycles. The van der Waals surface area contributed by atoms with Gasteiger partial charge in [-0.2, -0.15) is 5.10 Å². The summed E-state index contributed by atoms with van der Waals surface area (Å²) in [5.74, 6) is -0.558. The number of benzene rings is 2. The molecule has 0 bridgehead atoms. The van der Waals surface area contributed by atoms with Crippen LogP contribution in [0, 0.1) is 0 Å². The molecule has 0 radical (unpaired) electrons. The summed E-state index contributed by atoms with van der Waals surface area (Å²) in [6, 6.07) is 6.66. The van der Waals surface area contributed by atoms with Gasteiger partial charge in [0.25, 0.3) is 5.91 Å². The van der Waals surface area contributed by atoms with E-state index in [9.17, 15) is 19.2 Å². The monoisotopic (exact) mass is 632 g/mol. The molecule has 3 rings (SSSR count). The minimum Gasteiger partial charge on any atom is -0.493 e. The van der Waals surface area contributed by atoms with Crippen molar-refractivity contribution < 1.29 is 42.9 Å². The second-order valence-electron chi connectivity index (χ2n) is 8.40. The predicted octanol–water partition coefficient (Wildman–Crippen LogP) is 3.11. The van der Waals surface area contributed by atoms with Gasteiger partial charge in [-0.1, -0.05) is 6.07 Å². The molecule has 1 aliphatic rings. The summed E-state index contributed by atoms with van der Waals surface area (Å²) in [4.78, 5) is 48.3. The van der Waals surface area contributed by atoms with Crippen molar-refractivity contribution in [2.45, 2.75) is 26.8 Å². The zero-order valence-electron chi connectivity index (χ0n) is 23.0. The van der Waals surface area contributed by atoms with Gasteiger partial charge in [-0.3, -0.25) is 9.59 Å². The van der Waals surface area contributed by atoms with Crippen LogP contribution in [0.4, 0.5) is 4.79 Å². The van der Waals surface area contributed by atoms with Crippen LogP contribution in [0.3, 0.4) is 0 Å². The van der Waals surface area contributed by atoms with Gasteiger partial charge in [-0.25, -0.2) is 15.0 Å². The zero-order chi connectivity index (χ0) is 30.1. The lowest BCUT2D eigenvalue weighted by atomic mass is 9.95. The summed E-state index contributed by atoms with van der Waals surface area (Å²) >= 11 is 3.36. The summed E-state index contributed by atoms with van der Waals surface area (Å²) in [5.41, 5.74) is 4.08. The van der Waals surface area contributed by atoms with Crippen LogP contribution in [-0.2, 0) is 19.1 Å². The van der Waals surface area contributed by atoms with Gasteiger partial charge in [-0.05, 0) is 59.6 Å². The van der Waals surface area contributed by atoms with Crippen molar-refractivity contribution in [2.75, 3.05) is 27.4 Å². The van der Waals surface area contributed by atoms with E-state index in [0.29, 0.717) is 27.0 Å². The number of carbonyl (C=O) groups is 4. The van der Waals surface area contributed by atoms with E-state index < -0.39 is 29.9 Å². The van der Waals surface area contributed by atoms with Crippen molar-refractivity contribution in [3.63, 3.8) is 0 Å². The highest BCUT2D eigenvalue weighted by atomic mass is 79.9. The Labute approximate surface area is 244 Å². The zero-order valence-corrected chi connectivity index (χ0v) is 24.5. The summed E-state index contributed by atoms with van der Waals surface area (Å²) in [6.07, 6.45) is 1.38. The first-order chi connectivity index (χ1) is 19.6. The average molecular weight is 633 g/mol. The van der Waals surface area contributed by atoms with Crippen LogP contribution in [0.2, 0.25) is 0 Å². The summed E-state index contributed by atoms with van der Waals surface area (Å²) < 4.78 is 27.1. The lowest BCUT2D eigenvalue weighted by Crippen LogP contribution is -2.45. The van der Waals surface area contributed by atoms with Gasteiger partial charge in [0.2, 0.25) is 0 Å². The molecule has 0 aromatic heterocycles. The molecule has 0 saturated carbocycles. The van der Waals surface area contributed by atoms with E-state index >= 15 is 0 Å². The molecule has 1 aliphatic heterocycles. The van der Waals surface area contributed by atoms with E-state index in [4.69, 9.17) is 23.7 Å². The van der Waals surface area contributed by atoms with Crippen LogP contribution in [-0.4, -0.2) is 57.5 Å². The smallest absolute Gasteiger partial charge is 0.338 e. The van der Waals surface area contributed by atoms with Gasteiger partial charge in [0, 0.05) is 22.7 Å². The quantitative estimate of drug-likeness (QED) is 0.146. The maximum absolute atomic E-state index is 12.6. The number of methoxy groups -OCH3 is 2. The number of ether oxygens (including phenoxy) is 5. The Balaban J connectivity index is 1.68. The number of esters is 2. The number of allylic oxidation sites excluding steroid dienone is 1. The first-order valence-corrected chi connectivity index (χ1v) is 13.0. The van der Waals surface area contributed by atoms with E-state index in [0.717, 1.165) is 0 Å². The molecule has 3 N–H and O–H groups in total. The molecule has 0 fully saturated rings. The number of hydrogen-bond acceptors (Lipinski definition) is 10. The van der Waals surface area contributed by atoms with Crippen LogP contribution in [0.5, 0.6) is 23.0 Å². The Hall–Kier alpha value is -4.59. The number of nitrogens with one attached hydrogen (secondary N) is 3. The molecule has 2 aromatic carbocycles. The van der Waals surface area contributed by atoms with E-state index in [1.807, 2.05) is 0 Å². The maximum Gasteiger partial charge on any atom is 0.338 e. The van der Waals surface area contributed by atoms with E-state index in [1.165, 1.54) is 27.4 Å². The number of halogens is 1. The van der Waals surface area contributed by atoms with Crippen LogP contribution in [0.15, 0.2) is 51.2 Å². The number of amides is 3. The van der Waals surface area contributed by atoms with E-state index in [2.05, 4.69) is 37.1 Å². The first kappa shape index (κ1) is 30.9. The van der Waals surface area contributed by atoms with Crippen molar-refractivity contribution in [2.24, 2.45) is 5.10 Å². The topological polar surface area (TPSA) is 163 Å². The minimum absolute atomic E-state index is 0.173. The Morgan fingerprint density at radius 3 is 2.44 bits per heavy atom. The van der Waals surface area contributed by atoms with Crippen molar-refractivity contribution in [1.82, 2.24) is 16.1 Å². The molecule has 41 heavy (non-hydrogen) atoms. The molecule has 0 aliphatic carbocycles. The molecule has 0 spiro atoms. The summed E-state index contributed by atoms with van der Waals surface area (Å²) in [6.45, 7) is 4.36. The highest BCUT2D eigenvalue weighted by Gasteiger charge is 2.32. The molecule has 218 valence electrons. The standard InChI is InChI=1S/C27H29BrN4O9/c1-6-39-26(35)24-14(2)30-27(36)31-25(24)16-7-8-19(20(9-16)37-4)40-13-23(34)32-29-12-17-10-21(38-5)22(11-18(17)28)41-15(3)33/h7-12,25H,6,13H2,1-5H3,(H,32,34)(H2,30,31,36)/b29-12-/t25-/m1/s1. The van der Waals surface area contributed by atoms with Crippen LogP contribution in [0.1, 0.15) is 37.9 Å². The lowest BCUT2D eigenvalue weighted by Gasteiger charge is -2.28. The fourth-order valence-electron chi connectivity index (χ4n) is 3.80. The molecular formula is C27H29BrN4O9. The second-order valence-corrected chi connectivity index (χ2v) is 9.26. The third kappa shape index (κ3) is 7.97. The van der Waals surface area contributed by atoms with Gasteiger partial charge in [0.05, 0.1) is 38.7 Å². The highest BCUT2D eigenvalue weighted by molar-refractivity contribution is 9.10. The number of carbonyl (C=O) groups excluding carboxylic acids is 4. The normalized spacial score (nSPS) is 14.6. The molecule has 14 heteroatoms. The van der Waals surface area contributed by atoms with Crippen molar-refractivity contribution in [1.29, 1.82) is 0 Å². The van der Waals surface area contributed by atoms with Crippen LogP contribution >= 0.6 is 15.9 Å². The third-order valence-corrected chi connectivity index (χ3v) is 6.26. The average Bonchev–Trinajstić information content (AvgIpc) is 2.92. The van der Waals surface area contributed by atoms with Gasteiger partial charge >= 0.3 is 18.0 Å². The number of urea groups is 1. The molecule has 2 aromatic rings. The predicted molar refractivity (Wildman–Crippen MR) is 150 cm³/mol. The second kappa shape index (κ2) is 14.2. The van der Waals surface area contributed by atoms with E-state index in [-0.39, 0.29) is 36.0 Å². The third-order valence-electron chi connectivity index (χ3n) is 5.57. The fourth-order valence-corrected chi connectivity index (χ4v) is 4.22. The first-order valence-electron chi connectivity index (χ1n) is 12.2. The SMILES string of the molecule is CCOC(=O)C1=C(C)NC(=O)N[C@@H]1c1ccc(OCC(=O)N/N=C\c2cc(OC)c(OC(C)=O)cc2Br)c(OC)c1.